The van der Waals surface area contributed by atoms with Crippen LogP contribution in [0.4, 0.5) is 20.4 Å². The molecule has 1 aliphatic heterocycles. The van der Waals surface area contributed by atoms with Gasteiger partial charge in [-0.15, -0.1) is 10.2 Å². The molecule has 0 radical (unpaired) electrons. The number of carboxylic acids is 1. The molecule has 3 heterocycles. The van der Waals surface area contributed by atoms with E-state index in [2.05, 4.69) is 15.5 Å². The first-order valence-corrected chi connectivity index (χ1v) is 11.6. The Morgan fingerprint density at radius 1 is 1.29 bits per heavy atom. The Kier molecular flexibility index (Phi) is 4.71. The van der Waals surface area contributed by atoms with Crippen molar-refractivity contribution in [1.29, 1.82) is 0 Å². The fourth-order valence-corrected chi connectivity index (χ4v) is 5.60. The molecule has 3 atom stereocenters. The smallest absolute Gasteiger partial charge is 0.337 e. The summed E-state index contributed by atoms with van der Waals surface area (Å²) in [6.07, 6.45) is 1.85. The van der Waals surface area contributed by atoms with Crippen molar-refractivity contribution >= 4 is 34.2 Å². The van der Waals surface area contributed by atoms with Crippen LogP contribution in [-0.4, -0.2) is 49.2 Å². The highest BCUT2D eigenvalue weighted by molar-refractivity contribution is 5.96. The fourth-order valence-electron chi connectivity index (χ4n) is 5.60. The minimum absolute atomic E-state index is 0.175. The zero-order valence-electron chi connectivity index (χ0n) is 19.2. The van der Waals surface area contributed by atoms with Crippen LogP contribution < -0.4 is 10.2 Å². The predicted octanol–water partition coefficient (Wildman–Crippen LogP) is 4.69. The number of nitrogens with zero attached hydrogens (tertiary/aromatic N) is 5. The number of hydrogen-bond donors (Lipinski definition) is 2. The van der Waals surface area contributed by atoms with E-state index in [9.17, 15) is 18.7 Å². The lowest BCUT2D eigenvalue weighted by molar-refractivity contribution is -0.0412. The molecule has 8 nitrogen and oxygen atoms in total. The quantitative estimate of drug-likeness (QED) is 0.430. The van der Waals surface area contributed by atoms with Crippen molar-refractivity contribution in [3.05, 3.63) is 59.4 Å². The summed E-state index contributed by atoms with van der Waals surface area (Å²) in [5, 5.41) is 22.1. The highest BCUT2D eigenvalue weighted by Gasteiger charge is 2.56. The average Bonchev–Trinajstić information content (AvgIpc) is 3.52. The fraction of sp³-hybridized carbons (Fsp3) is 0.360. The zero-order valence-corrected chi connectivity index (χ0v) is 19.2. The van der Waals surface area contributed by atoms with Crippen molar-refractivity contribution in [2.24, 2.45) is 5.92 Å². The number of carboxylic acid groups (broad SMARTS) is 1. The van der Waals surface area contributed by atoms with Crippen molar-refractivity contribution < 1.29 is 18.7 Å². The largest absolute Gasteiger partial charge is 0.478 e. The second kappa shape index (κ2) is 7.59. The van der Waals surface area contributed by atoms with Gasteiger partial charge in [0.05, 0.1) is 17.1 Å². The molecule has 2 fully saturated rings. The Morgan fingerprint density at radius 2 is 2.09 bits per heavy atom. The summed E-state index contributed by atoms with van der Waals surface area (Å²) >= 11 is 0. The molecule has 10 heteroatoms. The first-order valence-electron chi connectivity index (χ1n) is 11.6. The second-order valence-electron chi connectivity index (χ2n) is 9.61. The number of aryl methyl sites for hydroxylation is 1. The van der Waals surface area contributed by atoms with Gasteiger partial charge in [0.15, 0.2) is 5.65 Å². The summed E-state index contributed by atoms with van der Waals surface area (Å²) < 4.78 is 30.2. The van der Waals surface area contributed by atoms with Crippen LogP contribution in [0.5, 0.6) is 0 Å². The van der Waals surface area contributed by atoms with E-state index in [1.165, 1.54) is 0 Å². The molecule has 2 aromatic carbocycles. The van der Waals surface area contributed by atoms with Crippen LogP contribution in [-0.2, 0) is 0 Å². The number of aromatic carboxylic acids is 1. The number of halogens is 2. The third kappa shape index (κ3) is 3.38. The van der Waals surface area contributed by atoms with Gasteiger partial charge in [-0.05, 0) is 44.0 Å². The first-order chi connectivity index (χ1) is 16.7. The van der Waals surface area contributed by atoms with Gasteiger partial charge in [-0.2, -0.15) is 0 Å². The average molecular weight is 479 g/mol. The number of alkyl halides is 2. The van der Waals surface area contributed by atoms with Crippen LogP contribution >= 0.6 is 0 Å². The zero-order chi connectivity index (χ0) is 24.5. The van der Waals surface area contributed by atoms with E-state index in [1.807, 2.05) is 30.9 Å². The third-order valence-corrected chi connectivity index (χ3v) is 7.27. The van der Waals surface area contributed by atoms with Crippen molar-refractivity contribution in [3.8, 4) is 0 Å². The Hall–Kier alpha value is -3.82. The van der Waals surface area contributed by atoms with E-state index >= 15 is 0 Å². The van der Waals surface area contributed by atoms with Crippen LogP contribution in [0, 0.1) is 12.8 Å². The third-order valence-electron chi connectivity index (χ3n) is 7.27. The lowest BCUT2D eigenvalue weighted by Gasteiger charge is -2.32. The number of piperidine rings is 1. The summed E-state index contributed by atoms with van der Waals surface area (Å²) in [5.41, 5.74) is 3.84. The first kappa shape index (κ1) is 21.7. The maximum absolute atomic E-state index is 14.2. The SMILES string of the molecule is Cc1cc([C@@H](C)Nc2ccccc2C(=O)O)c2nc(N3CC4CC3CC4(F)F)n3cnnc3c2c1. The molecule has 2 unspecified atom stereocenters. The number of carbonyl (C=O) groups is 1. The van der Waals surface area contributed by atoms with Crippen molar-refractivity contribution in [1.82, 2.24) is 19.6 Å². The van der Waals surface area contributed by atoms with Gasteiger partial charge >= 0.3 is 5.97 Å². The van der Waals surface area contributed by atoms with E-state index < -0.39 is 17.8 Å². The molecule has 0 amide bonds. The number of rotatable bonds is 5. The summed E-state index contributed by atoms with van der Waals surface area (Å²) in [5.74, 6) is -3.77. The van der Waals surface area contributed by atoms with Gasteiger partial charge < -0.3 is 15.3 Å². The van der Waals surface area contributed by atoms with Crippen LogP contribution in [0.25, 0.3) is 16.6 Å². The van der Waals surface area contributed by atoms with Crippen LogP contribution in [0.15, 0.2) is 42.7 Å². The Labute approximate surface area is 199 Å². The molecular formula is C25H24F2N6O2. The molecular weight excluding hydrogens is 454 g/mol. The number of fused-ring (bicyclic) bond motifs is 5. The highest BCUT2D eigenvalue weighted by Crippen LogP contribution is 2.49. The normalized spacial score (nSPS) is 21.7. The molecule has 1 aliphatic carbocycles. The summed E-state index contributed by atoms with van der Waals surface area (Å²) in [6, 6.07) is 10.2. The number of para-hydroxylation sites is 1. The molecule has 1 saturated carbocycles. The Morgan fingerprint density at radius 3 is 2.80 bits per heavy atom. The van der Waals surface area contributed by atoms with Gasteiger partial charge in [0, 0.05) is 41.6 Å². The molecule has 35 heavy (non-hydrogen) atoms. The van der Waals surface area contributed by atoms with Crippen molar-refractivity contribution in [2.45, 2.75) is 44.7 Å². The minimum Gasteiger partial charge on any atom is -0.478 e. The Bertz CT molecular complexity index is 1490. The molecule has 2 aromatic heterocycles. The maximum atomic E-state index is 14.2. The molecule has 2 bridgehead atoms. The van der Waals surface area contributed by atoms with Crippen LogP contribution in [0.2, 0.25) is 0 Å². The van der Waals surface area contributed by atoms with Gasteiger partial charge in [-0.1, -0.05) is 18.2 Å². The van der Waals surface area contributed by atoms with Gasteiger partial charge in [0.1, 0.15) is 6.33 Å². The minimum atomic E-state index is -2.64. The summed E-state index contributed by atoms with van der Waals surface area (Å²) in [6.45, 7) is 4.16. The number of aromatic nitrogens is 4. The number of benzene rings is 2. The number of anilines is 2. The molecule has 2 aliphatic rings. The van der Waals surface area contributed by atoms with E-state index in [-0.39, 0.29) is 30.6 Å². The highest BCUT2D eigenvalue weighted by atomic mass is 19.3. The number of hydrogen-bond acceptors (Lipinski definition) is 6. The van der Waals surface area contributed by atoms with Gasteiger partial charge in [0.2, 0.25) is 5.95 Å². The molecule has 4 aromatic rings. The molecule has 2 N–H and O–H groups in total. The topological polar surface area (TPSA) is 95.6 Å². The van der Waals surface area contributed by atoms with E-state index in [4.69, 9.17) is 4.98 Å². The van der Waals surface area contributed by atoms with E-state index in [0.29, 0.717) is 29.2 Å². The van der Waals surface area contributed by atoms with Crippen LogP contribution in [0.1, 0.15) is 47.3 Å². The summed E-state index contributed by atoms with van der Waals surface area (Å²) in [4.78, 5) is 18.6. The van der Waals surface area contributed by atoms with Crippen molar-refractivity contribution in [3.63, 3.8) is 0 Å². The van der Waals surface area contributed by atoms with E-state index in [0.717, 1.165) is 16.5 Å². The molecule has 180 valence electrons. The standard InChI is InChI=1S/C25H24F2N6O2/c1-13-7-18(14(2)29-20-6-4-3-5-17(20)23(34)35)21-19(8-13)22-31-28-12-33(22)24(30-21)32-11-15-9-16(32)10-25(15,26)27/h3-8,12,14-16,29H,9-11H2,1-2H3,(H,34,35)/t14-,15?,16?/m1/s1. The predicted molar refractivity (Wildman–Crippen MR) is 127 cm³/mol. The van der Waals surface area contributed by atoms with Gasteiger partial charge in [-0.25, -0.2) is 18.6 Å². The lowest BCUT2D eigenvalue weighted by atomic mass is 10.0. The van der Waals surface area contributed by atoms with Crippen molar-refractivity contribution in [2.75, 3.05) is 16.8 Å². The van der Waals surface area contributed by atoms with Gasteiger partial charge in [-0.3, -0.25) is 4.40 Å². The number of nitrogens with one attached hydrogen (secondary N) is 1. The van der Waals surface area contributed by atoms with E-state index in [1.54, 1.807) is 35.0 Å². The second-order valence-corrected chi connectivity index (χ2v) is 9.61. The molecule has 0 spiro atoms. The summed E-state index contributed by atoms with van der Waals surface area (Å²) in [7, 11) is 0. The lowest BCUT2D eigenvalue weighted by Crippen LogP contribution is -2.42. The monoisotopic (exact) mass is 478 g/mol. The Balaban J connectivity index is 1.48. The molecule has 6 rings (SSSR count). The maximum Gasteiger partial charge on any atom is 0.337 e. The van der Waals surface area contributed by atoms with Crippen LogP contribution in [0.3, 0.4) is 0 Å². The van der Waals surface area contributed by atoms with Gasteiger partial charge in [0.25, 0.3) is 5.92 Å². The molecule has 1 saturated heterocycles.